The van der Waals surface area contributed by atoms with E-state index in [0.29, 0.717) is 6.04 Å². The predicted molar refractivity (Wildman–Crippen MR) is 114 cm³/mol. The lowest BCUT2D eigenvalue weighted by Gasteiger charge is -2.32. The van der Waals surface area contributed by atoms with Gasteiger partial charge in [-0.3, -0.25) is 4.98 Å². The molecule has 4 rings (SSSR count). The fourth-order valence-corrected chi connectivity index (χ4v) is 4.74. The molecule has 26 heavy (non-hydrogen) atoms. The summed E-state index contributed by atoms with van der Waals surface area (Å²) in [6.45, 7) is 1.23. The number of anilines is 1. The van der Waals surface area contributed by atoms with Gasteiger partial charge >= 0.3 is 0 Å². The topological polar surface area (TPSA) is 28.2 Å². The maximum absolute atomic E-state index is 4.74. The van der Waals surface area contributed by atoms with E-state index in [-0.39, 0.29) is 0 Å². The van der Waals surface area contributed by atoms with Crippen molar-refractivity contribution in [2.24, 2.45) is 11.8 Å². The molecule has 0 radical (unpaired) electrons. The molecule has 140 valence electrons. The molecule has 0 bridgehead atoms. The lowest BCUT2D eigenvalue weighted by Crippen LogP contribution is -2.31. The van der Waals surface area contributed by atoms with Crippen LogP contribution in [0.3, 0.4) is 0 Å². The van der Waals surface area contributed by atoms with Gasteiger partial charge in [0.05, 0.1) is 5.52 Å². The minimum atomic E-state index is 0.593. The van der Waals surface area contributed by atoms with Crippen LogP contribution in [0.1, 0.15) is 44.1 Å². The first-order valence-electron chi connectivity index (χ1n) is 10.1. The SMILES string of the molecule is CN(C)C[C@H]1CC[C@H](Nc2c(CC3CC3)cnc3ccc(Br)cc23)CC1. The quantitative estimate of drug-likeness (QED) is 0.676. The minimum Gasteiger partial charge on any atom is -0.381 e. The molecule has 3 nitrogen and oxygen atoms in total. The lowest BCUT2D eigenvalue weighted by molar-refractivity contribution is 0.255. The number of pyridine rings is 1. The first-order chi connectivity index (χ1) is 12.6. The smallest absolute Gasteiger partial charge is 0.0723 e. The second-order valence-corrected chi connectivity index (χ2v) is 9.51. The van der Waals surface area contributed by atoms with Crippen molar-refractivity contribution in [3.63, 3.8) is 0 Å². The normalized spacial score (nSPS) is 23.5. The Bertz CT molecular complexity index is 761. The third-order valence-corrected chi connectivity index (χ3v) is 6.43. The number of benzene rings is 1. The fourth-order valence-electron chi connectivity index (χ4n) is 4.37. The Morgan fingerprint density at radius 1 is 1.08 bits per heavy atom. The van der Waals surface area contributed by atoms with Crippen molar-refractivity contribution < 1.29 is 0 Å². The van der Waals surface area contributed by atoms with Crippen LogP contribution in [0.25, 0.3) is 10.9 Å². The molecule has 0 atom stereocenters. The van der Waals surface area contributed by atoms with Crippen molar-refractivity contribution in [1.29, 1.82) is 0 Å². The van der Waals surface area contributed by atoms with Crippen LogP contribution in [-0.2, 0) is 6.42 Å². The van der Waals surface area contributed by atoms with Gasteiger partial charge in [-0.15, -0.1) is 0 Å². The number of hydrogen-bond donors (Lipinski definition) is 1. The van der Waals surface area contributed by atoms with Gasteiger partial charge in [0, 0.05) is 34.3 Å². The molecule has 0 saturated heterocycles. The molecule has 1 heterocycles. The molecule has 1 aromatic heterocycles. The van der Waals surface area contributed by atoms with Crippen LogP contribution in [-0.4, -0.2) is 36.6 Å². The Morgan fingerprint density at radius 3 is 2.50 bits per heavy atom. The summed E-state index contributed by atoms with van der Waals surface area (Å²) < 4.78 is 1.13. The van der Waals surface area contributed by atoms with Crippen LogP contribution in [0, 0.1) is 11.8 Å². The summed E-state index contributed by atoms with van der Waals surface area (Å²) in [7, 11) is 4.38. The third kappa shape index (κ3) is 4.40. The lowest BCUT2D eigenvalue weighted by atomic mass is 9.85. The Morgan fingerprint density at radius 2 is 1.81 bits per heavy atom. The summed E-state index contributed by atoms with van der Waals surface area (Å²) in [5, 5.41) is 5.22. The highest BCUT2D eigenvalue weighted by Gasteiger charge is 2.26. The molecular formula is C22H30BrN3. The molecule has 2 aliphatic rings. The molecule has 1 N–H and O–H groups in total. The van der Waals surface area contributed by atoms with E-state index in [1.165, 1.54) is 68.1 Å². The monoisotopic (exact) mass is 415 g/mol. The number of nitrogens with zero attached hydrogens (tertiary/aromatic N) is 2. The number of aromatic nitrogens is 1. The van der Waals surface area contributed by atoms with E-state index in [1.54, 1.807) is 0 Å². The third-order valence-electron chi connectivity index (χ3n) is 5.93. The molecule has 2 fully saturated rings. The van der Waals surface area contributed by atoms with Crippen molar-refractivity contribution in [2.45, 2.75) is 51.0 Å². The van der Waals surface area contributed by atoms with E-state index in [0.717, 1.165) is 21.8 Å². The minimum absolute atomic E-state index is 0.593. The molecule has 0 amide bonds. The molecule has 0 unspecified atom stereocenters. The summed E-state index contributed by atoms with van der Waals surface area (Å²) in [4.78, 5) is 7.07. The number of fused-ring (bicyclic) bond motifs is 1. The van der Waals surface area contributed by atoms with E-state index < -0.39 is 0 Å². The Kier molecular flexibility index (Phi) is 5.51. The molecule has 1 aromatic carbocycles. The van der Waals surface area contributed by atoms with Gasteiger partial charge in [0.15, 0.2) is 0 Å². The molecule has 2 saturated carbocycles. The van der Waals surface area contributed by atoms with Crippen molar-refractivity contribution >= 4 is 32.5 Å². The Labute approximate surface area is 165 Å². The number of nitrogens with one attached hydrogen (secondary N) is 1. The molecular weight excluding hydrogens is 386 g/mol. The maximum Gasteiger partial charge on any atom is 0.0723 e. The second kappa shape index (κ2) is 7.85. The van der Waals surface area contributed by atoms with Crippen molar-refractivity contribution in [3.05, 3.63) is 34.4 Å². The van der Waals surface area contributed by atoms with Gasteiger partial charge in [0.2, 0.25) is 0 Å². The van der Waals surface area contributed by atoms with Gasteiger partial charge < -0.3 is 10.2 Å². The number of hydrogen-bond acceptors (Lipinski definition) is 3. The van der Waals surface area contributed by atoms with Crippen LogP contribution in [0.5, 0.6) is 0 Å². The van der Waals surface area contributed by atoms with E-state index >= 15 is 0 Å². The summed E-state index contributed by atoms with van der Waals surface area (Å²) >= 11 is 3.65. The van der Waals surface area contributed by atoms with Crippen LogP contribution in [0.2, 0.25) is 0 Å². The molecule has 0 aliphatic heterocycles. The van der Waals surface area contributed by atoms with Crippen molar-refractivity contribution in [2.75, 3.05) is 26.0 Å². The predicted octanol–water partition coefficient (Wildman–Crippen LogP) is 5.48. The zero-order valence-corrected chi connectivity index (χ0v) is 17.6. The summed E-state index contributed by atoms with van der Waals surface area (Å²) in [6.07, 6.45) is 11.3. The first kappa shape index (κ1) is 18.2. The van der Waals surface area contributed by atoms with Gasteiger partial charge in [-0.1, -0.05) is 15.9 Å². The van der Waals surface area contributed by atoms with Crippen LogP contribution in [0.15, 0.2) is 28.9 Å². The molecule has 0 spiro atoms. The van der Waals surface area contributed by atoms with E-state index in [4.69, 9.17) is 4.98 Å². The zero-order valence-electron chi connectivity index (χ0n) is 16.0. The zero-order chi connectivity index (χ0) is 18.1. The van der Waals surface area contributed by atoms with Crippen molar-refractivity contribution in [3.8, 4) is 0 Å². The van der Waals surface area contributed by atoms with Gasteiger partial charge in [-0.05, 0) is 94.6 Å². The highest BCUT2D eigenvalue weighted by molar-refractivity contribution is 9.10. The largest absolute Gasteiger partial charge is 0.381 e. The summed E-state index contributed by atoms with van der Waals surface area (Å²) in [6, 6.07) is 7.04. The van der Waals surface area contributed by atoms with Crippen molar-refractivity contribution in [1.82, 2.24) is 9.88 Å². The highest BCUT2D eigenvalue weighted by atomic mass is 79.9. The van der Waals surface area contributed by atoms with Gasteiger partial charge in [-0.25, -0.2) is 0 Å². The van der Waals surface area contributed by atoms with Crippen LogP contribution in [0.4, 0.5) is 5.69 Å². The van der Waals surface area contributed by atoms with E-state index in [1.807, 2.05) is 0 Å². The maximum atomic E-state index is 4.74. The first-order valence-corrected chi connectivity index (χ1v) is 10.9. The van der Waals surface area contributed by atoms with Gasteiger partial charge in [0.1, 0.15) is 0 Å². The highest BCUT2D eigenvalue weighted by Crippen LogP contribution is 2.38. The number of halogens is 1. The standard InChI is InChI=1S/C22H30BrN3/c1-26(2)14-16-5-8-19(9-6-16)25-22-17(11-15-3-4-15)13-24-21-10-7-18(23)12-20(21)22/h7,10,12-13,15-16,19H,3-6,8-9,11,14H2,1-2H3,(H,24,25)/t16-,19-. The van der Waals surface area contributed by atoms with Crippen LogP contribution < -0.4 is 5.32 Å². The van der Waals surface area contributed by atoms with Gasteiger partial charge in [-0.2, -0.15) is 0 Å². The Balaban J connectivity index is 1.55. The van der Waals surface area contributed by atoms with E-state index in [2.05, 4.69) is 64.6 Å². The second-order valence-electron chi connectivity index (χ2n) is 8.59. The fraction of sp³-hybridized carbons (Fsp3) is 0.591. The average molecular weight is 416 g/mol. The summed E-state index contributed by atoms with van der Waals surface area (Å²) in [5.41, 5.74) is 3.85. The molecule has 4 heteroatoms. The molecule has 2 aromatic rings. The van der Waals surface area contributed by atoms with Crippen LogP contribution >= 0.6 is 15.9 Å². The average Bonchev–Trinajstić information content (AvgIpc) is 3.42. The number of rotatable bonds is 6. The molecule has 2 aliphatic carbocycles. The van der Waals surface area contributed by atoms with E-state index in [9.17, 15) is 0 Å². The summed E-state index contributed by atoms with van der Waals surface area (Å²) in [5.74, 6) is 1.73. The van der Waals surface area contributed by atoms with Gasteiger partial charge in [0.25, 0.3) is 0 Å². The Hall–Kier alpha value is -1.13.